The van der Waals surface area contributed by atoms with Gasteiger partial charge in [0.15, 0.2) is 0 Å². The number of nitrogens with zero attached hydrogens (tertiary/aromatic N) is 2. The molecule has 0 bridgehead atoms. The van der Waals surface area contributed by atoms with Crippen molar-refractivity contribution in [2.45, 2.75) is 51.0 Å². The van der Waals surface area contributed by atoms with Gasteiger partial charge in [0.2, 0.25) is 5.91 Å². The second-order valence-corrected chi connectivity index (χ2v) is 6.21. The van der Waals surface area contributed by atoms with Crippen LogP contribution in [0.5, 0.6) is 0 Å². The summed E-state index contributed by atoms with van der Waals surface area (Å²) in [6.07, 6.45) is 6.77. The molecule has 1 aliphatic carbocycles. The first kappa shape index (κ1) is 13.6. The highest BCUT2D eigenvalue weighted by Crippen LogP contribution is 2.34. The number of aromatic amines is 1. The molecule has 2 aliphatic rings. The van der Waals surface area contributed by atoms with E-state index in [-0.39, 0.29) is 30.4 Å². The van der Waals surface area contributed by atoms with E-state index in [0.717, 1.165) is 43.4 Å². The Morgan fingerprint density at radius 1 is 1.50 bits per heavy atom. The number of aliphatic hydroxyl groups excluding tert-OH is 1. The van der Waals surface area contributed by atoms with Gasteiger partial charge in [0, 0.05) is 30.5 Å². The van der Waals surface area contributed by atoms with Crippen LogP contribution in [0.25, 0.3) is 0 Å². The number of H-pyrrole nitrogens is 1. The van der Waals surface area contributed by atoms with Crippen molar-refractivity contribution in [2.75, 3.05) is 13.2 Å². The predicted octanol–water partition coefficient (Wildman–Crippen LogP) is 1.45. The molecule has 1 aliphatic heterocycles. The van der Waals surface area contributed by atoms with Crippen molar-refractivity contribution < 1.29 is 9.90 Å². The second-order valence-electron chi connectivity index (χ2n) is 6.21. The number of carbonyl (C=O) groups excluding carboxylic acids is 1. The largest absolute Gasteiger partial charge is 0.396 e. The minimum atomic E-state index is -0.0441. The van der Waals surface area contributed by atoms with E-state index in [9.17, 15) is 9.90 Å². The third-order valence-electron chi connectivity index (χ3n) is 4.87. The molecular weight excluding hydrogens is 254 g/mol. The number of hydrogen-bond donors (Lipinski definition) is 2. The van der Waals surface area contributed by atoms with Gasteiger partial charge in [-0.25, -0.2) is 0 Å². The molecule has 2 N–H and O–H groups in total. The van der Waals surface area contributed by atoms with Crippen LogP contribution >= 0.6 is 0 Å². The Morgan fingerprint density at radius 3 is 3.15 bits per heavy atom. The van der Waals surface area contributed by atoms with Crippen LogP contribution in [-0.2, 0) is 11.2 Å². The molecule has 0 spiro atoms. The quantitative estimate of drug-likeness (QED) is 0.859. The molecule has 3 rings (SSSR count). The zero-order valence-corrected chi connectivity index (χ0v) is 12.0. The van der Waals surface area contributed by atoms with Gasteiger partial charge in [-0.2, -0.15) is 5.10 Å². The Morgan fingerprint density at radius 2 is 2.35 bits per heavy atom. The van der Waals surface area contributed by atoms with E-state index in [0.29, 0.717) is 6.54 Å². The van der Waals surface area contributed by atoms with E-state index in [1.807, 2.05) is 11.1 Å². The summed E-state index contributed by atoms with van der Waals surface area (Å²) in [6, 6.07) is 0.280. The average Bonchev–Trinajstić information content (AvgIpc) is 2.95. The molecule has 0 aromatic carbocycles. The molecule has 3 atom stereocenters. The number of aliphatic hydroxyl groups is 1. The van der Waals surface area contributed by atoms with Gasteiger partial charge in [0.1, 0.15) is 0 Å². The SMILES string of the molecule is CC1CCC(CO)CN1C(=O)C1CCCc2[nH]ncc21. The normalized spacial score (nSPS) is 30.1. The lowest BCUT2D eigenvalue weighted by Crippen LogP contribution is -2.48. The summed E-state index contributed by atoms with van der Waals surface area (Å²) in [5.74, 6) is 0.415. The summed E-state index contributed by atoms with van der Waals surface area (Å²) in [4.78, 5) is 14.9. The van der Waals surface area contributed by atoms with Crippen molar-refractivity contribution >= 4 is 5.91 Å². The average molecular weight is 277 g/mol. The van der Waals surface area contributed by atoms with Crippen molar-refractivity contribution in [1.29, 1.82) is 0 Å². The van der Waals surface area contributed by atoms with E-state index in [1.54, 1.807) is 0 Å². The predicted molar refractivity (Wildman–Crippen MR) is 75.3 cm³/mol. The lowest BCUT2D eigenvalue weighted by Gasteiger charge is -2.40. The van der Waals surface area contributed by atoms with Gasteiger partial charge < -0.3 is 10.0 Å². The van der Waals surface area contributed by atoms with Crippen molar-refractivity contribution in [3.05, 3.63) is 17.5 Å². The highest BCUT2D eigenvalue weighted by Gasteiger charge is 2.35. The van der Waals surface area contributed by atoms with Gasteiger partial charge in [-0.05, 0) is 44.9 Å². The number of carbonyl (C=O) groups is 1. The fraction of sp³-hybridized carbons (Fsp3) is 0.733. The smallest absolute Gasteiger partial charge is 0.230 e. The molecule has 0 radical (unpaired) electrons. The topological polar surface area (TPSA) is 69.2 Å². The fourth-order valence-corrected chi connectivity index (χ4v) is 3.56. The van der Waals surface area contributed by atoms with Gasteiger partial charge >= 0.3 is 0 Å². The van der Waals surface area contributed by atoms with Crippen molar-refractivity contribution in [1.82, 2.24) is 15.1 Å². The summed E-state index contributed by atoms with van der Waals surface area (Å²) in [5.41, 5.74) is 2.21. The number of aryl methyl sites for hydroxylation is 1. The van der Waals surface area contributed by atoms with Gasteiger partial charge in [-0.1, -0.05) is 0 Å². The molecule has 110 valence electrons. The summed E-state index contributed by atoms with van der Waals surface area (Å²) in [6.45, 7) is 2.99. The summed E-state index contributed by atoms with van der Waals surface area (Å²) >= 11 is 0. The molecule has 1 fully saturated rings. The lowest BCUT2D eigenvalue weighted by molar-refractivity contribution is -0.138. The minimum absolute atomic E-state index is 0.0441. The van der Waals surface area contributed by atoms with Gasteiger partial charge in [0.25, 0.3) is 0 Å². The Balaban J connectivity index is 1.79. The first-order valence-corrected chi connectivity index (χ1v) is 7.64. The highest BCUT2D eigenvalue weighted by atomic mass is 16.3. The lowest BCUT2D eigenvalue weighted by atomic mass is 9.84. The van der Waals surface area contributed by atoms with E-state index in [4.69, 9.17) is 0 Å². The zero-order chi connectivity index (χ0) is 14.1. The highest BCUT2D eigenvalue weighted by molar-refractivity contribution is 5.84. The van der Waals surface area contributed by atoms with Crippen LogP contribution in [0, 0.1) is 5.92 Å². The molecule has 1 aromatic rings. The number of hydrogen-bond acceptors (Lipinski definition) is 3. The maximum atomic E-state index is 12.9. The monoisotopic (exact) mass is 277 g/mol. The molecular formula is C15H23N3O2. The number of rotatable bonds is 2. The molecule has 5 heteroatoms. The van der Waals surface area contributed by atoms with Crippen LogP contribution in [0.15, 0.2) is 6.20 Å². The zero-order valence-electron chi connectivity index (χ0n) is 12.0. The molecule has 20 heavy (non-hydrogen) atoms. The number of likely N-dealkylation sites (tertiary alicyclic amines) is 1. The number of amides is 1. The van der Waals surface area contributed by atoms with E-state index in [1.165, 1.54) is 0 Å². The van der Waals surface area contributed by atoms with E-state index in [2.05, 4.69) is 17.1 Å². The number of fused-ring (bicyclic) bond motifs is 1. The summed E-state index contributed by atoms with van der Waals surface area (Å²) in [5, 5.41) is 16.5. The fourth-order valence-electron chi connectivity index (χ4n) is 3.56. The van der Waals surface area contributed by atoms with E-state index < -0.39 is 0 Å². The van der Waals surface area contributed by atoms with Gasteiger partial charge in [0.05, 0.1) is 12.1 Å². The number of piperidine rings is 1. The van der Waals surface area contributed by atoms with Crippen LogP contribution in [0.2, 0.25) is 0 Å². The molecule has 2 heterocycles. The number of aromatic nitrogens is 2. The van der Waals surface area contributed by atoms with Crippen LogP contribution in [0.3, 0.4) is 0 Å². The Hall–Kier alpha value is -1.36. The Labute approximate surface area is 119 Å². The molecule has 5 nitrogen and oxygen atoms in total. The van der Waals surface area contributed by atoms with Crippen molar-refractivity contribution in [3.8, 4) is 0 Å². The minimum Gasteiger partial charge on any atom is -0.396 e. The molecule has 1 aromatic heterocycles. The maximum absolute atomic E-state index is 12.9. The van der Waals surface area contributed by atoms with E-state index >= 15 is 0 Å². The molecule has 1 amide bonds. The summed E-state index contributed by atoms with van der Waals surface area (Å²) < 4.78 is 0. The Kier molecular flexibility index (Phi) is 3.78. The summed E-state index contributed by atoms with van der Waals surface area (Å²) in [7, 11) is 0. The van der Waals surface area contributed by atoms with Crippen LogP contribution in [0.1, 0.15) is 49.8 Å². The third kappa shape index (κ3) is 2.35. The first-order valence-electron chi connectivity index (χ1n) is 7.64. The first-order chi connectivity index (χ1) is 9.70. The van der Waals surface area contributed by atoms with Crippen molar-refractivity contribution in [3.63, 3.8) is 0 Å². The van der Waals surface area contributed by atoms with Gasteiger partial charge in [-0.3, -0.25) is 9.89 Å². The Bertz CT molecular complexity index is 485. The van der Waals surface area contributed by atoms with Crippen molar-refractivity contribution in [2.24, 2.45) is 5.92 Å². The maximum Gasteiger partial charge on any atom is 0.230 e. The standard InChI is InChI=1S/C15H23N3O2/c1-10-5-6-11(9-19)8-18(10)15(20)12-3-2-4-14-13(12)7-16-17-14/h7,10-12,19H,2-6,8-9H2,1H3,(H,16,17). The third-order valence-corrected chi connectivity index (χ3v) is 4.87. The second kappa shape index (κ2) is 5.56. The molecule has 3 unspecified atom stereocenters. The molecule has 0 saturated carbocycles. The number of nitrogens with one attached hydrogen (secondary N) is 1. The molecule has 1 saturated heterocycles. The van der Waals surface area contributed by atoms with Gasteiger partial charge in [-0.15, -0.1) is 0 Å². The van der Waals surface area contributed by atoms with Crippen LogP contribution < -0.4 is 0 Å². The van der Waals surface area contributed by atoms with Crippen LogP contribution in [0.4, 0.5) is 0 Å². The van der Waals surface area contributed by atoms with Crippen LogP contribution in [-0.4, -0.2) is 45.3 Å².